The van der Waals surface area contributed by atoms with Crippen LogP contribution in [0, 0.1) is 0 Å². The highest BCUT2D eigenvalue weighted by Crippen LogP contribution is 2.26. The highest BCUT2D eigenvalue weighted by atomic mass is 127. The van der Waals surface area contributed by atoms with Gasteiger partial charge in [-0.3, -0.25) is 0 Å². The van der Waals surface area contributed by atoms with Crippen molar-refractivity contribution in [1.82, 2.24) is 15.6 Å². The molecule has 1 heterocycles. The number of halogens is 1. The second-order valence-electron chi connectivity index (χ2n) is 6.06. The van der Waals surface area contributed by atoms with E-state index in [-0.39, 0.29) is 30.1 Å². The van der Waals surface area contributed by atoms with Crippen LogP contribution in [0.3, 0.4) is 0 Å². The van der Waals surface area contributed by atoms with Gasteiger partial charge in [0.25, 0.3) is 0 Å². The fourth-order valence-electron chi connectivity index (χ4n) is 2.47. The molecule has 0 aliphatic carbocycles. The number of nitrogens with one attached hydrogen (secondary N) is 2. The lowest BCUT2D eigenvalue weighted by Crippen LogP contribution is -2.39. The molecule has 0 spiro atoms. The third-order valence-electron chi connectivity index (χ3n) is 3.82. The number of para-hydroxylation sites is 2. The Morgan fingerprint density at radius 2 is 1.96 bits per heavy atom. The number of methoxy groups -OCH3 is 1. The van der Waals surface area contributed by atoms with Crippen LogP contribution in [0.5, 0.6) is 11.5 Å². The van der Waals surface area contributed by atoms with Crippen molar-refractivity contribution in [2.75, 3.05) is 26.7 Å². The van der Waals surface area contributed by atoms with Gasteiger partial charge in [0.05, 0.1) is 24.4 Å². The standard InChI is InChI=1S/C20H30N4O2S.HI/c1-5-19-24-16(14-27-19)11-12-22-20(21-6-2)23-13-15(3)26-18-10-8-7-9-17(18)25-4;/h7-10,14-15H,5-6,11-13H2,1-4H3,(H2,21,22,23);1H. The van der Waals surface area contributed by atoms with Crippen molar-refractivity contribution in [3.63, 3.8) is 0 Å². The fourth-order valence-corrected chi connectivity index (χ4v) is 3.25. The molecule has 156 valence electrons. The number of thiazole rings is 1. The van der Waals surface area contributed by atoms with Gasteiger partial charge >= 0.3 is 0 Å². The Hall–Kier alpha value is -1.55. The van der Waals surface area contributed by atoms with Crippen LogP contribution >= 0.6 is 35.3 Å². The Labute approximate surface area is 189 Å². The predicted molar refractivity (Wildman–Crippen MR) is 128 cm³/mol. The van der Waals surface area contributed by atoms with Crippen LogP contribution in [-0.4, -0.2) is 43.8 Å². The number of ether oxygens (including phenoxy) is 2. The zero-order valence-electron chi connectivity index (χ0n) is 17.0. The highest BCUT2D eigenvalue weighted by Gasteiger charge is 2.09. The topological polar surface area (TPSA) is 67.8 Å². The van der Waals surface area contributed by atoms with E-state index in [1.807, 2.05) is 31.2 Å². The van der Waals surface area contributed by atoms with Crippen molar-refractivity contribution in [3.8, 4) is 11.5 Å². The number of rotatable bonds is 10. The van der Waals surface area contributed by atoms with Crippen LogP contribution in [0.4, 0.5) is 0 Å². The van der Waals surface area contributed by atoms with E-state index in [1.54, 1.807) is 18.4 Å². The summed E-state index contributed by atoms with van der Waals surface area (Å²) < 4.78 is 11.3. The van der Waals surface area contributed by atoms with Gasteiger partial charge in [0.2, 0.25) is 0 Å². The van der Waals surface area contributed by atoms with Crippen molar-refractivity contribution in [2.24, 2.45) is 4.99 Å². The van der Waals surface area contributed by atoms with Crippen LogP contribution in [0.15, 0.2) is 34.6 Å². The van der Waals surface area contributed by atoms with E-state index in [4.69, 9.17) is 9.47 Å². The molecule has 0 saturated heterocycles. The molecule has 0 radical (unpaired) electrons. The maximum Gasteiger partial charge on any atom is 0.191 e. The molecule has 2 N–H and O–H groups in total. The monoisotopic (exact) mass is 518 g/mol. The molecule has 0 saturated carbocycles. The summed E-state index contributed by atoms with van der Waals surface area (Å²) in [5, 5.41) is 9.95. The van der Waals surface area contributed by atoms with E-state index < -0.39 is 0 Å². The summed E-state index contributed by atoms with van der Waals surface area (Å²) in [5.41, 5.74) is 1.13. The largest absolute Gasteiger partial charge is 0.493 e. The summed E-state index contributed by atoms with van der Waals surface area (Å²) in [6, 6.07) is 7.65. The summed E-state index contributed by atoms with van der Waals surface area (Å²) in [4.78, 5) is 9.22. The van der Waals surface area contributed by atoms with E-state index in [0.717, 1.165) is 49.1 Å². The van der Waals surface area contributed by atoms with E-state index in [0.29, 0.717) is 6.54 Å². The smallest absolute Gasteiger partial charge is 0.191 e. The molecule has 1 aromatic carbocycles. The van der Waals surface area contributed by atoms with Crippen molar-refractivity contribution in [2.45, 2.75) is 39.7 Å². The Kier molecular flexibility index (Phi) is 11.9. The van der Waals surface area contributed by atoms with Gasteiger partial charge < -0.3 is 20.1 Å². The lowest BCUT2D eigenvalue weighted by Gasteiger charge is -2.16. The lowest BCUT2D eigenvalue weighted by atomic mass is 10.3. The number of aliphatic imine (C=N–C) groups is 1. The summed E-state index contributed by atoms with van der Waals surface area (Å²) in [6.45, 7) is 8.33. The molecule has 0 fully saturated rings. The van der Waals surface area contributed by atoms with Gasteiger partial charge in [-0.15, -0.1) is 35.3 Å². The Balaban J connectivity index is 0.00000392. The molecule has 1 aromatic heterocycles. The minimum absolute atomic E-state index is 0. The number of hydrogen-bond acceptors (Lipinski definition) is 5. The van der Waals surface area contributed by atoms with E-state index in [1.165, 1.54) is 5.01 Å². The first-order chi connectivity index (χ1) is 13.2. The zero-order chi connectivity index (χ0) is 19.5. The molecule has 2 rings (SSSR count). The predicted octanol–water partition coefficient (Wildman–Crippen LogP) is 3.90. The number of aryl methyl sites for hydroxylation is 1. The first-order valence-corrected chi connectivity index (χ1v) is 10.3. The maximum atomic E-state index is 5.96. The third-order valence-corrected chi connectivity index (χ3v) is 4.87. The summed E-state index contributed by atoms with van der Waals surface area (Å²) >= 11 is 1.73. The third kappa shape index (κ3) is 8.22. The molecule has 28 heavy (non-hydrogen) atoms. The molecule has 0 bridgehead atoms. The van der Waals surface area contributed by atoms with Crippen molar-refractivity contribution in [1.29, 1.82) is 0 Å². The Morgan fingerprint density at radius 1 is 1.21 bits per heavy atom. The molecule has 1 unspecified atom stereocenters. The van der Waals surface area contributed by atoms with Crippen molar-refractivity contribution >= 4 is 41.3 Å². The molecule has 0 aliphatic heterocycles. The van der Waals surface area contributed by atoms with Crippen LogP contribution in [-0.2, 0) is 12.8 Å². The minimum Gasteiger partial charge on any atom is -0.493 e. The SMILES string of the molecule is CCNC(=NCC(C)Oc1ccccc1OC)NCCc1csc(CC)n1.I. The van der Waals surface area contributed by atoms with E-state index >= 15 is 0 Å². The van der Waals surface area contributed by atoms with Gasteiger partial charge in [-0.05, 0) is 32.4 Å². The molecule has 0 amide bonds. The highest BCUT2D eigenvalue weighted by molar-refractivity contribution is 14.0. The number of nitrogens with zero attached hydrogens (tertiary/aromatic N) is 2. The summed E-state index contributed by atoms with van der Waals surface area (Å²) in [7, 11) is 1.64. The summed E-state index contributed by atoms with van der Waals surface area (Å²) in [5.74, 6) is 2.25. The zero-order valence-corrected chi connectivity index (χ0v) is 20.2. The summed E-state index contributed by atoms with van der Waals surface area (Å²) in [6.07, 6.45) is 1.81. The minimum atomic E-state index is -0.0672. The van der Waals surface area contributed by atoms with E-state index in [9.17, 15) is 0 Å². The second-order valence-corrected chi connectivity index (χ2v) is 7.00. The van der Waals surface area contributed by atoms with Gasteiger partial charge in [0.1, 0.15) is 6.10 Å². The maximum absolute atomic E-state index is 5.96. The van der Waals surface area contributed by atoms with Gasteiger partial charge in [-0.1, -0.05) is 19.1 Å². The first-order valence-electron chi connectivity index (χ1n) is 9.41. The lowest BCUT2D eigenvalue weighted by molar-refractivity contribution is 0.219. The van der Waals surface area contributed by atoms with Crippen LogP contribution in [0.25, 0.3) is 0 Å². The van der Waals surface area contributed by atoms with Crippen LogP contribution < -0.4 is 20.1 Å². The van der Waals surface area contributed by atoms with Crippen molar-refractivity contribution < 1.29 is 9.47 Å². The average molecular weight is 518 g/mol. The van der Waals surface area contributed by atoms with Crippen molar-refractivity contribution in [3.05, 3.63) is 40.3 Å². The number of aromatic nitrogens is 1. The van der Waals surface area contributed by atoms with E-state index in [2.05, 4.69) is 39.8 Å². The molecular formula is C20H31IN4O2S. The van der Waals surface area contributed by atoms with Gasteiger partial charge in [0, 0.05) is 24.9 Å². The molecule has 1 atom stereocenters. The Bertz CT molecular complexity index is 724. The average Bonchev–Trinajstić information content (AvgIpc) is 3.14. The number of benzene rings is 1. The van der Waals surface area contributed by atoms with Gasteiger partial charge in [-0.25, -0.2) is 9.98 Å². The molecular weight excluding hydrogens is 487 g/mol. The fraction of sp³-hybridized carbons (Fsp3) is 0.500. The number of guanidine groups is 1. The van der Waals surface area contributed by atoms with Crippen LogP contribution in [0.2, 0.25) is 0 Å². The normalized spacial score (nSPS) is 12.1. The molecule has 0 aliphatic rings. The molecule has 8 heteroatoms. The van der Waals surface area contributed by atoms with Gasteiger partial charge in [-0.2, -0.15) is 0 Å². The molecule has 2 aromatic rings. The molecule has 6 nitrogen and oxygen atoms in total. The second kappa shape index (κ2) is 13.6. The first kappa shape index (κ1) is 24.5. The van der Waals surface area contributed by atoms with Crippen LogP contribution in [0.1, 0.15) is 31.5 Å². The quantitative estimate of drug-likeness (QED) is 0.284. The Morgan fingerprint density at radius 3 is 2.61 bits per heavy atom. The number of hydrogen-bond donors (Lipinski definition) is 2. The van der Waals surface area contributed by atoms with Gasteiger partial charge in [0.15, 0.2) is 17.5 Å².